The van der Waals surface area contributed by atoms with Crippen LogP contribution in [0.5, 0.6) is 0 Å². The number of hydrogen-bond donors (Lipinski definition) is 1. The quantitative estimate of drug-likeness (QED) is 0.825. The van der Waals surface area contributed by atoms with E-state index >= 15 is 0 Å². The second-order valence-electron chi connectivity index (χ2n) is 5.69. The van der Waals surface area contributed by atoms with Crippen molar-refractivity contribution in [3.8, 4) is 0 Å². The monoisotopic (exact) mass is 381 g/mol. The number of hydrogen-bond acceptors (Lipinski definition) is 5. The third-order valence-corrected chi connectivity index (χ3v) is 5.17. The Hall–Kier alpha value is -2.42. The minimum atomic E-state index is -0.956. The van der Waals surface area contributed by atoms with E-state index in [2.05, 4.69) is 10.4 Å². The SMILES string of the molecule is CCOC(=O)Cn1nc(C)c2c1NC(=O)CSC2c1cccc(F)c1F. The molecule has 0 bridgehead atoms. The van der Waals surface area contributed by atoms with Gasteiger partial charge in [0, 0.05) is 11.1 Å². The van der Waals surface area contributed by atoms with E-state index in [1.807, 2.05) is 0 Å². The maximum Gasteiger partial charge on any atom is 0.327 e. The summed E-state index contributed by atoms with van der Waals surface area (Å²) in [6.45, 7) is 3.42. The predicted molar refractivity (Wildman–Crippen MR) is 92.9 cm³/mol. The summed E-state index contributed by atoms with van der Waals surface area (Å²) in [6, 6.07) is 3.95. The van der Waals surface area contributed by atoms with Gasteiger partial charge in [-0.1, -0.05) is 12.1 Å². The Morgan fingerprint density at radius 1 is 1.46 bits per heavy atom. The third kappa shape index (κ3) is 3.44. The van der Waals surface area contributed by atoms with Gasteiger partial charge in [-0.15, -0.1) is 11.8 Å². The molecule has 2 aromatic rings. The van der Waals surface area contributed by atoms with Gasteiger partial charge in [-0.25, -0.2) is 13.5 Å². The molecule has 6 nitrogen and oxygen atoms in total. The number of carbonyl (C=O) groups excluding carboxylic acids is 2. The average molecular weight is 381 g/mol. The second-order valence-corrected chi connectivity index (χ2v) is 6.79. The summed E-state index contributed by atoms with van der Waals surface area (Å²) in [5.41, 5.74) is 1.20. The molecule has 0 aliphatic carbocycles. The number of aromatic nitrogens is 2. The van der Waals surface area contributed by atoms with E-state index in [-0.39, 0.29) is 30.4 Å². The van der Waals surface area contributed by atoms with Crippen LogP contribution in [0.2, 0.25) is 0 Å². The minimum Gasteiger partial charge on any atom is -0.465 e. The highest BCUT2D eigenvalue weighted by molar-refractivity contribution is 8.00. The van der Waals surface area contributed by atoms with E-state index in [0.717, 1.165) is 6.07 Å². The van der Waals surface area contributed by atoms with Gasteiger partial charge in [-0.3, -0.25) is 9.59 Å². The summed E-state index contributed by atoms with van der Waals surface area (Å²) in [7, 11) is 0. The van der Waals surface area contributed by atoms with Crippen LogP contribution in [0, 0.1) is 18.6 Å². The highest BCUT2D eigenvalue weighted by atomic mass is 32.2. The van der Waals surface area contributed by atoms with Gasteiger partial charge in [-0.2, -0.15) is 5.10 Å². The highest BCUT2D eigenvalue weighted by Gasteiger charge is 2.32. The van der Waals surface area contributed by atoms with Crippen LogP contribution >= 0.6 is 11.8 Å². The Morgan fingerprint density at radius 2 is 2.23 bits per heavy atom. The zero-order chi connectivity index (χ0) is 18.8. The van der Waals surface area contributed by atoms with Gasteiger partial charge in [0.15, 0.2) is 11.6 Å². The number of carbonyl (C=O) groups is 2. The van der Waals surface area contributed by atoms with Crippen LogP contribution in [0.25, 0.3) is 0 Å². The Morgan fingerprint density at radius 3 is 2.96 bits per heavy atom. The molecular formula is C17H17F2N3O3S. The Labute approximate surface area is 152 Å². The van der Waals surface area contributed by atoms with Crippen LogP contribution < -0.4 is 5.32 Å². The molecule has 1 amide bonds. The first-order chi connectivity index (χ1) is 12.4. The topological polar surface area (TPSA) is 73.2 Å². The summed E-state index contributed by atoms with van der Waals surface area (Å²) in [5.74, 6) is -2.35. The molecule has 26 heavy (non-hydrogen) atoms. The van der Waals surface area contributed by atoms with E-state index in [4.69, 9.17) is 4.74 Å². The van der Waals surface area contributed by atoms with Gasteiger partial charge in [0.05, 0.1) is 23.3 Å². The van der Waals surface area contributed by atoms with Crippen LogP contribution in [-0.2, 0) is 20.9 Å². The minimum absolute atomic E-state index is 0.0636. The molecule has 9 heteroatoms. The molecule has 0 saturated carbocycles. The number of ether oxygens (including phenoxy) is 1. The van der Waals surface area contributed by atoms with Crippen molar-refractivity contribution in [3.63, 3.8) is 0 Å². The van der Waals surface area contributed by atoms with Crippen LogP contribution in [0.4, 0.5) is 14.6 Å². The number of nitrogens with zero attached hydrogens (tertiary/aromatic N) is 2. The molecule has 1 aliphatic rings. The van der Waals surface area contributed by atoms with Crippen molar-refractivity contribution in [2.24, 2.45) is 0 Å². The van der Waals surface area contributed by atoms with Crippen molar-refractivity contribution in [1.82, 2.24) is 9.78 Å². The molecule has 0 saturated heterocycles. The van der Waals surface area contributed by atoms with Gasteiger partial charge >= 0.3 is 5.97 Å². The molecular weight excluding hydrogens is 364 g/mol. The first-order valence-corrected chi connectivity index (χ1v) is 9.05. The number of amides is 1. The Balaban J connectivity index is 2.09. The fourth-order valence-electron chi connectivity index (χ4n) is 2.86. The average Bonchev–Trinajstić information content (AvgIpc) is 2.77. The molecule has 1 atom stereocenters. The molecule has 1 unspecified atom stereocenters. The van der Waals surface area contributed by atoms with Crippen molar-refractivity contribution in [2.45, 2.75) is 25.6 Å². The number of thioether (sulfide) groups is 1. The summed E-state index contributed by atoms with van der Waals surface area (Å²) in [5, 5.41) is 6.37. The Kier molecular flexibility index (Phi) is 5.26. The Bertz CT molecular complexity index is 869. The zero-order valence-corrected chi connectivity index (χ0v) is 15.0. The van der Waals surface area contributed by atoms with Crippen LogP contribution in [0.15, 0.2) is 18.2 Å². The zero-order valence-electron chi connectivity index (χ0n) is 14.2. The molecule has 1 aromatic heterocycles. The molecule has 1 N–H and O–H groups in total. The summed E-state index contributed by atoms with van der Waals surface area (Å²) < 4.78 is 34.3. The van der Waals surface area contributed by atoms with E-state index < -0.39 is 22.9 Å². The van der Waals surface area contributed by atoms with Gasteiger partial charge in [-0.05, 0) is 19.9 Å². The van der Waals surface area contributed by atoms with Crippen molar-refractivity contribution < 1.29 is 23.1 Å². The molecule has 0 radical (unpaired) electrons. The molecule has 138 valence electrons. The molecule has 1 aromatic carbocycles. The first kappa shape index (κ1) is 18.4. The van der Waals surface area contributed by atoms with Gasteiger partial charge in [0.1, 0.15) is 12.4 Å². The lowest BCUT2D eigenvalue weighted by Gasteiger charge is -2.16. The van der Waals surface area contributed by atoms with Crippen LogP contribution in [0.1, 0.15) is 29.0 Å². The maximum atomic E-state index is 14.4. The normalized spacial score (nSPS) is 16.6. The lowest BCUT2D eigenvalue weighted by Crippen LogP contribution is -2.20. The number of esters is 1. The van der Waals surface area contributed by atoms with Crippen LogP contribution in [0.3, 0.4) is 0 Å². The highest BCUT2D eigenvalue weighted by Crippen LogP contribution is 2.44. The molecule has 3 rings (SSSR count). The molecule has 1 aliphatic heterocycles. The summed E-state index contributed by atoms with van der Waals surface area (Å²) >= 11 is 1.18. The fourth-order valence-corrected chi connectivity index (χ4v) is 4.06. The maximum absolute atomic E-state index is 14.4. The number of benzene rings is 1. The van der Waals surface area contributed by atoms with Crippen molar-refractivity contribution in [1.29, 1.82) is 0 Å². The predicted octanol–water partition coefficient (Wildman–Crippen LogP) is 2.81. The fraction of sp³-hybridized carbons (Fsp3) is 0.353. The number of fused-ring (bicyclic) bond motifs is 1. The number of anilines is 1. The van der Waals surface area contributed by atoms with E-state index in [1.165, 1.54) is 28.6 Å². The third-order valence-electron chi connectivity index (χ3n) is 3.92. The second kappa shape index (κ2) is 7.45. The molecule has 2 heterocycles. The van der Waals surface area contributed by atoms with E-state index in [0.29, 0.717) is 17.1 Å². The lowest BCUT2D eigenvalue weighted by atomic mass is 10.0. The van der Waals surface area contributed by atoms with Gasteiger partial charge in [0.25, 0.3) is 0 Å². The number of halogens is 2. The number of aryl methyl sites for hydroxylation is 1. The molecule has 0 fully saturated rings. The van der Waals surface area contributed by atoms with Crippen LogP contribution in [-0.4, -0.2) is 34.0 Å². The largest absolute Gasteiger partial charge is 0.465 e. The smallest absolute Gasteiger partial charge is 0.327 e. The van der Waals surface area contributed by atoms with E-state index in [1.54, 1.807) is 13.8 Å². The summed E-state index contributed by atoms with van der Waals surface area (Å²) in [6.07, 6.45) is 0. The molecule has 0 spiro atoms. The van der Waals surface area contributed by atoms with E-state index in [9.17, 15) is 18.4 Å². The lowest BCUT2D eigenvalue weighted by molar-refractivity contribution is -0.144. The summed E-state index contributed by atoms with van der Waals surface area (Å²) in [4.78, 5) is 23.9. The number of nitrogens with one attached hydrogen (secondary N) is 1. The van der Waals surface area contributed by atoms with Crippen molar-refractivity contribution in [2.75, 3.05) is 17.7 Å². The van der Waals surface area contributed by atoms with Crippen molar-refractivity contribution >= 4 is 29.5 Å². The first-order valence-electron chi connectivity index (χ1n) is 8.00. The van der Waals surface area contributed by atoms with Gasteiger partial charge in [0.2, 0.25) is 5.91 Å². The standard InChI is InChI=1S/C17H17F2N3O3S/c1-3-25-13(24)7-22-17-14(9(2)21-22)16(26-8-12(23)20-17)10-5-4-6-11(18)15(10)19/h4-6,16H,3,7-8H2,1-2H3,(H,20,23). The van der Waals surface area contributed by atoms with Gasteiger partial charge < -0.3 is 10.1 Å². The number of rotatable bonds is 4. The van der Waals surface area contributed by atoms with Crippen molar-refractivity contribution in [3.05, 3.63) is 46.7 Å².